The number of aryl methyl sites for hydroxylation is 1. The van der Waals surface area contributed by atoms with E-state index in [4.69, 9.17) is 4.98 Å². The second kappa shape index (κ2) is 5.87. The van der Waals surface area contributed by atoms with Crippen LogP contribution in [-0.4, -0.2) is 30.1 Å². The predicted molar refractivity (Wildman–Crippen MR) is 77.5 cm³/mol. The van der Waals surface area contributed by atoms with E-state index in [1.54, 1.807) is 0 Å². The molecule has 19 heavy (non-hydrogen) atoms. The number of anilines is 1. The van der Waals surface area contributed by atoms with Crippen LogP contribution in [0.5, 0.6) is 0 Å². The molecule has 2 heterocycles. The molecule has 1 saturated heterocycles. The molecule has 0 spiro atoms. The highest BCUT2D eigenvalue weighted by atomic mass is 15.2. The number of hydrogen-bond donors (Lipinski definition) is 1. The fraction of sp³-hybridized carbons (Fsp3) is 0.733. The van der Waals surface area contributed by atoms with Crippen LogP contribution in [0.3, 0.4) is 0 Å². The molecule has 1 fully saturated rings. The summed E-state index contributed by atoms with van der Waals surface area (Å²) in [6.07, 6.45) is 10.8. The van der Waals surface area contributed by atoms with Crippen molar-refractivity contribution in [1.82, 2.24) is 15.3 Å². The Balaban J connectivity index is 1.87. The summed E-state index contributed by atoms with van der Waals surface area (Å²) in [5, 5.41) is 3.41. The van der Waals surface area contributed by atoms with Gasteiger partial charge in [0.25, 0.3) is 0 Å². The summed E-state index contributed by atoms with van der Waals surface area (Å²) in [5.74, 6) is 0.954. The van der Waals surface area contributed by atoms with Gasteiger partial charge in [0.15, 0.2) is 0 Å². The van der Waals surface area contributed by atoms with Crippen LogP contribution in [0, 0.1) is 0 Å². The number of nitrogens with zero attached hydrogens (tertiary/aromatic N) is 3. The zero-order valence-electron chi connectivity index (χ0n) is 11.9. The highest BCUT2D eigenvalue weighted by Gasteiger charge is 2.21. The number of fused-ring (bicyclic) bond motifs is 1. The second-order valence-corrected chi connectivity index (χ2v) is 5.71. The van der Waals surface area contributed by atoms with Crippen LogP contribution in [0.2, 0.25) is 0 Å². The quantitative estimate of drug-likeness (QED) is 0.829. The van der Waals surface area contributed by atoms with Crippen molar-refractivity contribution in [3.05, 3.63) is 17.5 Å². The standard InChI is InChI=1S/C15H24N4/c1-16-13-7-3-4-8-14-12(13)11-17-15(18-14)19-9-5-2-6-10-19/h11,13,16H,2-10H2,1H3. The molecule has 1 N–H and O–H groups in total. The summed E-state index contributed by atoms with van der Waals surface area (Å²) >= 11 is 0. The average molecular weight is 260 g/mol. The largest absolute Gasteiger partial charge is 0.341 e. The van der Waals surface area contributed by atoms with E-state index in [-0.39, 0.29) is 0 Å². The van der Waals surface area contributed by atoms with Crippen molar-refractivity contribution in [2.45, 2.75) is 51.0 Å². The summed E-state index contributed by atoms with van der Waals surface area (Å²) in [4.78, 5) is 11.9. The number of piperidine rings is 1. The van der Waals surface area contributed by atoms with Crippen LogP contribution >= 0.6 is 0 Å². The van der Waals surface area contributed by atoms with Crippen LogP contribution in [-0.2, 0) is 6.42 Å². The topological polar surface area (TPSA) is 41.1 Å². The monoisotopic (exact) mass is 260 g/mol. The fourth-order valence-corrected chi connectivity index (χ4v) is 3.25. The first-order valence-corrected chi connectivity index (χ1v) is 7.66. The van der Waals surface area contributed by atoms with E-state index < -0.39 is 0 Å². The molecule has 0 saturated carbocycles. The molecule has 104 valence electrons. The Morgan fingerprint density at radius 3 is 2.79 bits per heavy atom. The van der Waals surface area contributed by atoms with Gasteiger partial charge in [0, 0.05) is 30.9 Å². The van der Waals surface area contributed by atoms with Gasteiger partial charge in [0.2, 0.25) is 5.95 Å². The summed E-state index contributed by atoms with van der Waals surface area (Å²) in [7, 11) is 2.04. The van der Waals surface area contributed by atoms with Gasteiger partial charge < -0.3 is 10.2 Å². The van der Waals surface area contributed by atoms with Crippen LogP contribution in [0.4, 0.5) is 5.95 Å². The summed E-state index contributed by atoms with van der Waals surface area (Å²) in [6.45, 7) is 2.24. The fourth-order valence-electron chi connectivity index (χ4n) is 3.25. The molecule has 3 rings (SSSR count). The normalized spacial score (nSPS) is 23.8. The number of rotatable bonds is 2. The van der Waals surface area contributed by atoms with E-state index in [0.717, 1.165) is 25.5 Å². The van der Waals surface area contributed by atoms with Crippen molar-refractivity contribution in [3.63, 3.8) is 0 Å². The Kier molecular flexibility index (Phi) is 3.97. The highest BCUT2D eigenvalue weighted by Crippen LogP contribution is 2.28. The lowest BCUT2D eigenvalue weighted by molar-refractivity contribution is 0.531. The predicted octanol–water partition coefficient (Wildman–Crippen LogP) is 2.45. The van der Waals surface area contributed by atoms with E-state index in [0.29, 0.717) is 6.04 Å². The van der Waals surface area contributed by atoms with Gasteiger partial charge in [-0.2, -0.15) is 0 Å². The van der Waals surface area contributed by atoms with Crippen LogP contribution < -0.4 is 10.2 Å². The smallest absolute Gasteiger partial charge is 0.225 e. The summed E-state index contributed by atoms with van der Waals surface area (Å²) in [6, 6.07) is 0.438. The molecule has 0 aromatic carbocycles. The van der Waals surface area contributed by atoms with Gasteiger partial charge in [-0.1, -0.05) is 6.42 Å². The van der Waals surface area contributed by atoms with Gasteiger partial charge in [-0.15, -0.1) is 0 Å². The highest BCUT2D eigenvalue weighted by molar-refractivity contribution is 5.35. The molecule has 1 aromatic heterocycles. The Hall–Kier alpha value is -1.16. The molecule has 0 amide bonds. The number of nitrogens with one attached hydrogen (secondary N) is 1. The van der Waals surface area contributed by atoms with Gasteiger partial charge in [-0.05, 0) is 45.6 Å². The minimum Gasteiger partial charge on any atom is -0.341 e. The van der Waals surface area contributed by atoms with Gasteiger partial charge >= 0.3 is 0 Å². The van der Waals surface area contributed by atoms with E-state index in [2.05, 4.69) is 21.4 Å². The van der Waals surface area contributed by atoms with Crippen LogP contribution in [0.1, 0.15) is 55.8 Å². The number of aromatic nitrogens is 2. The van der Waals surface area contributed by atoms with Gasteiger partial charge in [0.05, 0.1) is 5.69 Å². The van der Waals surface area contributed by atoms with Crippen LogP contribution in [0.25, 0.3) is 0 Å². The maximum absolute atomic E-state index is 4.87. The zero-order valence-corrected chi connectivity index (χ0v) is 11.9. The van der Waals surface area contributed by atoms with Crippen molar-refractivity contribution in [2.24, 2.45) is 0 Å². The van der Waals surface area contributed by atoms with Crippen molar-refractivity contribution < 1.29 is 0 Å². The summed E-state index contributed by atoms with van der Waals surface area (Å²) < 4.78 is 0. The molecular formula is C15H24N4. The maximum atomic E-state index is 4.87. The Morgan fingerprint density at radius 2 is 2.00 bits per heavy atom. The molecule has 0 bridgehead atoms. The minimum absolute atomic E-state index is 0.438. The van der Waals surface area contributed by atoms with E-state index in [1.807, 2.05) is 7.05 Å². The van der Waals surface area contributed by atoms with Gasteiger partial charge in [0.1, 0.15) is 0 Å². The molecule has 1 unspecified atom stereocenters. The van der Waals surface area contributed by atoms with Crippen LogP contribution in [0.15, 0.2) is 6.20 Å². The van der Waals surface area contributed by atoms with Gasteiger partial charge in [-0.25, -0.2) is 9.97 Å². The first kappa shape index (κ1) is 12.9. The van der Waals surface area contributed by atoms with E-state index in [1.165, 1.54) is 49.8 Å². The molecule has 1 aromatic rings. The lowest BCUT2D eigenvalue weighted by atomic mass is 10.1. The lowest BCUT2D eigenvalue weighted by Gasteiger charge is -2.27. The molecular weight excluding hydrogens is 236 g/mol. The Morgan fingerprint density at radius 1 is 1.16 bits per heavy atom. The van der Waals surface area contributed by atoms with E-state index >= 15 is 0 Å². The van der Waals surface area contributed by atoms with Crippen molar-refractivity contribution >= 4 is 5.95 Å². The third kappa shape index (κ3) is 2.73. The molecule has 4 heteroatoms. The van der Waals surface area contributed by atoms with Crippen molar-refractivity contribution in [2.75, 3.05) is 25.0 Å². The first-order valence-electron chi connectivity index (χ1n) is 7.66. The second-order valence-electron chi connectivity index (χ2n) is 5.71. The van der Waals surface area contributed by atoms with Gasteiger partial charge in [-0.3, -0.25) is 0 Å². The molecule has 0 radical (unpaired) electrons. The third-order valence-corrected chi connectivity index (χ3v) is 4.41. The van der Waals surface area contributed by atoms with Crippen molar-refractivity contribution in [1.29, 1.82) is 0 Å². The van der Waals surface area contributed by atoms with E-state index in [9.17, 15) is 0 Å². The summed E-state index contributed by atoms with van der Waals surface area (Å²) in [5.41, 5.74) is 2.59. The Labute approximate surface area is 115 Å². The zero-order chi connectivity index (χ0) is 13.1. The molecule has 4 nitrogen and oxygen atoms in total. The number of hydrogen-bond acceptors (Lipinski definition) is 4. The molecule has 2 aliphatic rings. The first-order chi connectivity index (χ1) is 9.38. The third-order valence-electron chi connectivity index (χ3n) is 4.41. The maximum Gasteiger partial charge on any atom is 0.225 e. The molecule has 1 aliphatic carbocycles. The SMILES string of the molecule is CNC1CCCCc2nc(N3CCCCC3)ncc21. The average Bonchev–Trinajstić information content (AvgIpc) is 2.69. The molecule has 1 aliphatic heterocycles. The minimum atomic E-state index is 0.438. The molecule has 1 atom stereocenters. The van der Waals surface area contributed by atoms with Crippen molar-refractivity contribution in [3.8, 4) is 0 Å². The lowest BCUT2D eigenvalue weighted by Crippen LogP contribution is -2.31. The Bertz CT molecular complexity index is 426.